The SMILES string of the molecule is CN1C(=O)C2CCC(C2)C1=O. The molecule has 2 rings (SSSR count). The van der Waals surface area contributed by atoms with Crippen molar-refractivity contribution < 1.29 is 9.59 Å². The lowest BCUT2D eigenvalue weighted by atomic mass is 9.98. The molecule has 1 saturated carbocycles. The van der Waals surface area contributed by atoms with Crippen molar-refractivity contribution in [3.05, 3.63) is 0 Å². The molecule has 1 heterocycles. The minimum Gasteiger partial charge on any atom is -0.285 e. The molecule has 2 bridgehead atoms. The van der Waals surface area contributed by atoms with E-state index < -0.39 is 0 Å². The number of amides is 2. The van der Waals surface area contributed by atoms with E-state index in [4.69, 9.17) is 0 Å². The summed E-state index contributed by atoms with van der Waals surface area (Å²) in [5.74, 6) is 0.373. The van der Waals surface area contributed by atoms with Gasteiger partial charge in [-0.3, -0.25) is 14.5 Å². The lowest BCUT2D eigenvalue weighted by Crippen LogP contribution is -2.43. The van der Waals surface area contributed by atoms with Gasteiger partial charge in [-0.2, -0.15) is 0 Å². The Morgan fingerprint density at radius 1 is 1.18 bits per heavy atom. The summed E-state index contributed by atoms with van der Waals surface area (Å²) < 4.78 is 0. The molecule has 0 aromatic rings. The zero-order chi connectivity index (χ0) is 8.01. The lowest BCUT2D eigenvalue weighted by molar-refractivity contribution is -0.150. The quantitative estimate of drug-likeness (QED) is 0.472. The van der Waals surface area contributed by atoms with Crippen LogP contribution in [0.3, 0.4) is 0 Å². The van der Waals surface area contributed by atoms with Crippen LogP contribution in [0.4, 0.5) is 0 Å². The van der Waals surface area contributed by atoms with Crippen molar-refractivity contribution >= 4 is 11.8 Å². The molecule has 2 aliphatic rings. The smallest absolute Gasteiger partial charge is 0.232 e. The molecule has 1 aliphatic heterocycles. The number of nitrogens with zero attached hydrogens (tertiary/aromatic N) is 1. The monoisotopic (exact) mass is 153 g/mol. The van der Waals surface area contributed by atoms with Crippen LogP contribution in [0, 0.1) is 11.8 Å². The fourth-order valence-corrected chi connectivity index (χ4v) is 2.09. The molecule has 0 aromatic heterocycles. The van der Waals surface area contributed by atoms with Crippen LogP contribution in [0.2, 0.25) is 0 Å². The standard InChI is InChI=1S/C8H11NO2/c1-9-7(10)5-2-3-6(4-5)8(9)11/h5-6H,2-4H2,1H3. The van der Waals surface area contributed by atoms with E-state index in [0.717, 1.165) is 19.3 Å². The van der Waals surface area contributed by atoms with Crippen molar-refractivity contribution in [2.24, 2.45) is 11.8 Å². The third-order valence-electron chi connectivity index (χ3n) is 2.79. The highest BCUT2D eigenvalue weighted by Crippen LogP contribution is 2.37. The van der Waals surface area contributed by atoms with Crippen LogP contribution < -0.4 is 0 Å². The summed E-state index contributed by atoms with van der Waals surface area (Å²) in [6.45, 7) is 0. The Bertz CT molecular complexity index is 202. The summed E-state index contributed by atoms with van der Waals surface area (Å²) >= 11 is 0. The number of rotatable bonds is 0. The van der Waals surface area contributed by atoms with Crippen molar-refractivity contribution in [2.45, 2.75) is 19.3 Å². The van der Waals surface area contributed by atoms with Crippen LogP contribution in [-0.4, -0.2) is 23.8 Å². The lowest BCUT2D eigenvalue weighted by Gasteiger charge is -2.25. The predicted octanol–water partition coefficient (Wildman–Crippen LogP) is 0.401. The van der Waals surface area contributed by atoms with Gasteiger partial charge in [-0.15, -0.1) is 0 Å². The Hall–Kier alpha value is -0.860. The number of piperidine rings is 1. The summed E-state index contributed by atoms with van der Waals surface area (Å²) in [5, 5.41) is 0. The summed E-state index contributed by atoms with van der Waals surface area (Å²) in [5.41, 5.74) is 0. The maximum absolute atomic E-state index is 11.3. The number of carbonyl (C=O) groups excluding carboxylic acids is 2. The molecule has 0 N–H and O–H groups in total. The predicted molar refractivity (Wildman–Crippen MR) is 38.6 cm³/mol. The summed E-state index contributed by atoms with van der Waals surface area (Å²) in [6.07, 6.45) is 2.64. The molecular weight excluding hydrogens is 142 g/mol. The maximum atomic E-state index is 11.3. The van der Waals surface area contributed by atoms with Gasteiger partial charge in [0.1, 0.15) is 0 Å². The second-order valence-electron chi connectivity index (χ2n) is 3.44. The maximum Gasteiger partial charge on any atom is 0.232 e. The molecule has 2 amide bonds. The van der Waals surface area contributed by atoms with Crippen LogP contribution in [0.25, 0.3) is 0 Å². The number of imide groups is 1. The van der Waals surface area contributed by atoms with E-state index in [1.807, 2.05) is 0 Å². The van der Waals surface area contributed by atoms with E-state index in [1.165, 1.54) is 4.90 Å². The third-order valence-corrected chi connectivity index (χ3v) is 2.79. The number of carbonyl (C=O) groups is 2. The molecule has 0 radical (unpaired) electrons. The molecule has 2 atom stereocenters. The van der Waals surface area contributed by atoms with Crippen LogP contribution in [0.5, 0.6) is 0 Å². The molecule has 2 fully saturated rings. The Morgan fingerprint density at radius 2 is 1.64 bits per heavy atom. The number of hydrogen-bond acceptors (Lipinski definition) is 2. The first-order chi connectivity index (χ1) is 5.20. The van der Waals surface area contributed by atoms with Crippen molar-refractivity contribution in [1.82, 2.24) is 4.90 Å². The Kier molecular flexibility index (Phi) is 1.28. The van der Waals surface area contributed by atoms with Gasteiger partial charge in [0.2, 0.25) is 11.8 Å². The summed E-state index contributed by atoms with van der Waals surface area (Å²) in [7, 11) is 1.59. The molecule has 2 unspecified atom stereocenters. The van der Waals surface area contributed by atoms with Crippen molar-refractivity contribution in [3.63, 3.8) is 0 Å². The first kappa shape index (κ1) is 6.83. The first-order valence-corrected chi connectivity index (χ1v) is 4.01. The van der Waals surface area contributed by atoms with Gasteiger partial charge in [0.15, 0.2) is 0 Å². The first-order valence-electron chi connectivity index (χ1n) is 4.01. The van der Waals surface area contributed by atoms with Crippen LogP contribution in [0.1, 0.15) is 19.3 Å². The largest absolute Gasteiger partial charge is 0.285 e. The Labute approximate surface area is 65.4 Å². The molecule has 60 valence electrons. The van der Waals surface area contributed by atoms with Crippen molar-refractivity contribution in [2.75, 3.05) is 7.05 Å². The highest BCUT2D eigenvalue weighted by molar-refractivity contribution is 6.00. The van der Waals surface area contributed by atoms with Gasteiger partial charge in [-0.05, 0) is 19.3 Å². The summed E-state index contributed by atoms with van der Waals surface area (Å²) in [4.78, 5) is 23.9. The van der Waals surface area contributed by atoms with E-state index in [9.17, 15) is 9.59 Å². The normalized spacial score (nSPS) is 36.6. The highest BCUT2D eigenvalue weighted by atomic mass is 16.2. The second kappa shape index (κ2) is 2.06. The molecule has 3 nitrogen and oxygen atoms in total. The van der Waals surface area contributed by atoms with Gasteiger partial charge in [0.05, 0.1) is 0 Å². The molecule has 0 aromatic carbocycles. The minimum absolute atomic E-state index is 0.0313. The van der Waals surface area contributed by atoms with Gasteiger partial charge in [0.25, 0.3) is 0 Å². The van der Waals surface area contributed by atoms with Crippen molar-refractivity contribution in [1.29, 1.82) is 0 Å². The number of hydrogen-bond donors (Lipinski definition) is 0. The van der Waals surface area contributed by atoms with Crippen LogP contribution in [-0.2, 0) is 9.59 Å². The van der Waals surface area contributed by atoms with E-state index in [0.29, 0.717) is 0 Å². The average molecular weight is 153 g/mol. The van der Waals surface area contributed by atoms with Gasteiger partial charge in [0, 0.05) is 18.9 Å². The fourth-order valence-electron chi connectivity index (χ4n) is 2.09. The highest BCUT2D eigenvalue weighted by Gasteiger charge is 2.43. The van der Waals surface area contributed by atoms with Crippen LogP contribution in [0.15, 0.2) is 0 Å². The van der Waals surface area contributed by atoms with E-state index in [1.54, 1.807) is 7.05 Å². The zero-order valence-corrected chi connectivity index (χ0v) is 6.54. The van der Waals surface area contributed by atoms with Crippen LogP contribution >= 0.6 is 0 Å². The van der Waals surface area contributed by atoms with Gasteiger partial charge < -0.3 is 0 Å². The summed E-state index contributed by atoms with van der Waals surface area (Å²) in [6, 6.07) is 0. The van der Waals surface area contributed by atoms with Gasteiger partial charge in [-0.25, -0.2) is 0 Å². The Balaban J connectivity index is 2.30. The second-order valence-corrected chi connectivity index (χ2v) is 3.44. The molecule has 1 saturated heterocycles. The molecule has 1 aliphatic carbocycles. The minimum atomic E-state index is 0.0313. The topological polar surface area (TPSA) is 37.4 Å². The third kappa shape index (κ3) is 0.800. The fraction of sp³-hybridized carbons (Fsp3) is 0.750. The van der Waals surface area contributed by atoms with Crippen molar-refractivity contribution in [3.8, 4) is 0 Å². The van der Waals surface area contributed by atoms with E-state index in [2.05, 4.69) is 0 Å². The van der Waals surface area contributed by atoms with E-state index >= 15 is 0 Å². The number of fused-ring (bicyclic) bond motifs is 2. The zero-order valence-electron chi connectivity index (χ0n) is 6.54. The Morgan fingerprint density at radius 3 is 2.09 bits per heavy atom. The average Bonchev–Trinajstić information content (AvgIpc) is 2.44. The number of likely N-dealkylation sites (tertiary alicyclic amines) is 1. The van der Waals surface area contributed by atoms with E-state index in [-0.39, 0.29) is 23.7 Å². The molecular formula is C8H11NO2. The van der Waals surface area contributed by atoms with Gasteiger partial charge in [-0.1, -0.05) is 0 Å². The molecule has 0 spiro atoms. The molecule has 3 heteroatoms. The molecule has 11 heavy (non-hydrogen) atoms. The van der Waals surface area contributed by atoms with Gasteiger partial charge >= 0.3 is 0 Å².